The van der Waals surface area contributed by atoms with Crippen molar-refractivity contribution >= 4 is 22.9 Å². The molecule has 2 atom stereocenters. The van der Waals surface area contributed by atoms with Crippen LogP contribution in [0.2, 0.25) is 0 Å². The van der Waals surface area contributed by atoms with Crippen LogP contribution in [-0.2, 0) is 11.2 Å². The quantitative estimate of drug-likeness (QED) is 0.785. The van der Waals surface area contributed by atoms with Crippen molar-refractivity contribution in [2.24, 2.45) is 0 Å². The van der Waals surface area contributed by atoms with Crippen molar-refractivity contribution in [2.75, 3.05) is 12.4 Å². The lowest BCUT2D eigenvalue weighted by Crippen LogP contribution is -2.30. The first-order chi connectivity index (χ1) is 11.4. The van der Waals surface area contributed by atoms with Crippen molar-refractivity contribution in [1.29, 1.82) is 0 Å². The van der Waals surface area contributed by atoms with Gasteiger partial charge >= 0.3 is 0 Å². The van der Waals surface area contributed by atoms with E-state index >= 15 is 0 Å². The zero-order chi connectivity index (χ0) is 17.7. The molecule has 0 bridgehead atoms. The zero-order valence-electron chi connectivity index (χ0n) is 15.0. The molecule has 2 aromatic rings. The van der Waals surface area contributed by atoms with E-state index in [0.29, 0.717) is 17.5 Å². The third kappa shape index (κ3) is 5.08. The van der Waals surface area contributed by atoms with Crippen molar-refractivity contribution in [3.8, 4) is 5.75 Å². The summed E-state index contributed by atoms with van der Waals surface area (Å²) < 4.78 is 5.31. The number of rotatable bonds is 7. The van der Waals surface area contributed by atoms with E-state index in [4.69, 9.17) is 4.74 Å². The van der Waals surface area contributed by atoms with Crippen LogP contribution >= 0.6 is 11.3 Å². The SMILES string of the molecule is COc1ccc([C@H](C)N[C@@H](C)Cc2ccc(C)s2)cc1NC(C)=O. The Labute approximate surface area is 148 Å². The Bertz CT molecular complexity index is 696. The van der Waals surface area contributed by atoms with Gasteiger partial charge in [0.15, 0.2) is 0 Å². The maximum absolute atomic E-state index is 11.4. The highest BCUT2D eigenvalue weighted by Crippen LogP contribution is 2.28. The predicted molar refractivity (Wildman–Crippen MR) is 101 cm³/mol. The molecule has 0 aliphatic carbocycles. The molecule has 4 nitrogen and oxygen atoms in total. The zero-order valence-corrected chi connectivity index (χ0v) is 15.8. The smallest absolute Gasteiger partial charge is 0.221 e. The number of thiophene rings is 1. The average molecular weight is 346 g/mol. The average Bonchev–Trinajstić information content (AvgIpc) is 2.91. The van der Waals surface area contributed by atoms with Crippen LogP contribution in [0.15, 0.2) is 30.3 Å². The normalized spacial score (nSPS) is 13.4. The van der Waals surface area contributed by atoms with Gasteiger partial charge in [0.05, 0.1) is 12.8 Å². The maximum Gasteiger partial charge on any atom is 0.221 e. The fourth-order valence-electron chi connectivity index (χ4n) is 2.76. The van der Waals surface area contributed by atoms with Crippen LogP contribution in [0.1, 0.15) is 42.1 Å². The molecule has 130 valence electrons. The highest BCUT2D eigenvalue weighted by Gasteiger charge is 2.13. The molecule has 1 aromatic heterocycles. The molecule has 0 aliphatic heterocycles. The molecule has 2 rings (SSSR count). The number of aryl methyl sites for hydroxylation is 1. The fraction of sp³-hybridized carbons (Fsp3) is 0.421. The van der Waals surface area contributed by atoms with E-state index < -0.39 is 0 Å². The summed E-state index contributed by atoms with van der Waals surface area (Å²) >= 11 is 1.85. The Morgan fingerprint density at radius 2 is 2.00 bits per heavy atom. The molecule has 24 heavy (non-hydrogen) atoms. The van der Waals surface area contributed by atoms with E-state index in [1.165, 1.54) is 16.7 Å². The molecule has 5 heteroatoms. The summed E-state index contributed by atoms with van der Waals surface area (Å²) in [4.78, 5) is 14.1. The van der Waals surface area contributed by atoms with Crippen LogP contribution in [0.3, 0.4) is 0 Å². The summed E-state index contributed by atoms with van der Waals surface area (Å²) in [7, 11) is 1.60. The number of methoxy groups -OCH3 is 1. The van der Waals surface area contributed by atoms with Gasteiger partial charge in [0.2, 0.25) is 5.91 Å². The minimum absolute atomic E-state index is 0.104. The second-order valence-electron chi connectivity index (χ2n) is 6.15. The second-order valence-corrected chi connectivity index (χ2v) is 7.52. The van der Waals surface area contributed by atoms with Crippen LogP contribution in [0.25, 0.3) is 0 Å². The van der Waals surface area contributed by atoms with Crippen molar-refractivity contribution in [3.63, 3.8) is 0 Å². The number of ether oxygens (including phenoxy) is 1. The molecule has 2 N–H and O–H groups in total. The van der Waals surface area contributed by atoms with Crippen molar-refractivity contribution in [1.82, 2.24) is 5.32 Å². The monoisotopic (exact) mass is 346 g/mol. The number of carbonyl (C=O) groups excluding carboxylic acids is 1. The summed E-state index contributed by atoms with van der Waals surface area (Å²) in [5.41, 5.74) is 1.83. The Balaban J connectivity index is 2.05. The van der Waals surface area contributed by atoms with Gasteiger partial charge in [-0.05, 0) is 57.0 Å². The van der Waals surface area contributed by atoms with Gasteiger partial charge in [0.1, 0.15) is 5.75 Å². The van der Waals surface area contributed by atoms with Gasteiger partial charge < -0.3 is 15.4 Å². The lowest BCUT2D eigenvalue weighted by atomic mass is 10.1. The topological polar surface area (TPSA) is 50.4 Å². The Morgan fingerprint density at radius 3 is 2.58 bits per heavy atom. The maximum atomic E-state index is 11.4. The number of benzene rings is 1. The molecule has 0 radical (unpaired) electrons. The molecule has 1 amide bonds. The van der Waals surface area contributed by atoms with Crippen LogP contribution in [0.4, 0.5) is 5.69 Å². The lowest BCUT2D eigenvalue weighted by molar-refractivity contribution is -0.114. The van der Waals surface area contributed by atoms with Gasteiger partial charge in [-0.25, -0.2) is 0 Å². The molecule has 1 aromatic carbocycles. The van der Waals surface area contributed by atoms with Gasteiger partial charge in [-0.3, -0.25) is 4.79 Å². The number of nitrogens with one attached hydrogen (secondary N) is 2. The Kier molecular flexibility index (Phi) is 6.40. The molecule has 0 unspecified atom stereocenters. The number of hydrogen-bond donors (Lipinski definition) is 2. The summed E-state index contributed by atoms with van der Waals surface area (Å²) in [5.74, 6) is 0.566. The summed E-state index contributed by atoms with van der Waals surface area (Å²) in [5, 5.41) is 6.45. The van der Waals surface area contributed by atoms with E-state index in [0.717, 1.165) is 12.0 Å². The van der Waals surface area contributed by atoms with Crippen molar-refractivity contribution in [3.05, 3.63) is 45.6 Å². The first-order valence-electron chi connectivity index (χ1n) is 8.16. The third-order valence-electron chi connectivity index (χ3n) is 3.87. The summed E-state index contributed by atoms with van der Waals surface area (Å²) in [6.07, 6.45) is 1.01. The molecule has 0 saturated heterocycles. The number of carbonyl (C=O) groups is 1. The third-order valence-corrected chi connectivity index (χ3v) is 4.90. The Morgan fingerprint density at radius 1 is 1.25 bits per heavy atom. The number of hydrogen-bond acceptors (Lipinski definition) is 4. The van der Waals surface area contributed by atoms with Gasteiger partial charge in [0, 0.05) is 28.8 Å². The van der Waals surface area contributed by atoms with Crippen LogP contribution in [-0.4, -0.2) is 19.1 Å². The van der Waals surface area contributed by atoms with E-state index in [1.54, 1.807) is 7.11 Å². The number of anilines is 1. The minimum atomic E-state index is -0.104. The van der Waals surface area contributed by atoms with E-state index in [9.17, 15) is 4.79 Å². The lowest BCUT2D eigenvalue weighted by Gasteiger charge is -2.21. The molecule has 0 fully saturated rings. The van der Waals surface area contributed by atoms with E-state index in [-0.39, 0.29) is 11.9 Å². The van der Waals surface area contributed by atoms with E-state index in [1.807, 2.05) is 29.5 Å². The molecule has 1 heterocycles. The van der Waals surface area contributed by atoms with Crippen molar-refractivity contribution in [2.45, 2.75) is 46.2 Å². The first kappa shape index (κ1) is 18.5. The highest BCUT2D eigenvalue weighted by molar-refractivity contribution is 7.11. The molecule has 0 saturated carbocycles. The second kappa shape index (κ2) is 8.31. The van der Waals surface area contributed by atoms with Gasteiger partial charge in [-0.2, -0.15) is 0 Å². The molecular weight excluding hydrogens is 320 g/mol. The van der Waals surface area contributed by atoms with Crippen molar-refractivity contribution < 1.29 is 9.53 Å². The minimum Gasteiger partial charge on any atom is -0.495 e. The van der Waals surface area contributed by atoms with E-state index in [2.05, 4.69) is 43.5 Å². The molecule has 0 aliphatic rings. The van der Waals surface area contributed by atoms with Crippen LogP contribution in [0, 0.1) is 6.92 Å². The van der Waals surface area contributed by atoms with Gasteiger partial charge in [-0.1, -0.05) is 6.07 Å². The highest BCUT2D eigenvalue weighted by atomic mass is 32.1. The van der Waals surface area contributed by atoms with Gasteiger partial charge in [0.25, 0.3) is 0 Å². The standard InChI is InChI=1S/C19H26N2O2S/c1-12(10-17-8-6-13(2)24-17)20-14(3)16-7-9-19(23-5)18(11-16)21-15(4)22/h6-9,11-12,14,20H,10H2,1-5H3,(H,21,22)/t12-,14-/m0/s1. The largest absolute Gasteiger partial charge is 0.495 e. The van der Waals surface area contributed by atoms with Crippen LogP contribution in [0.5, 0.6) is 5.75 Å². The first-order valence-corrected chi connectivity index (χ1v) is 8.97. The Hall–Kier alpha value is -1.85. The number of amides is 1. The summed E-state index contributed by atoms with van der Waals surface area (Å²) in [6, 6.07) is 10.8. The summed E-state index contributed by atoms with van der Waals surface area (Å²) in [6.45, 7) is 7.97. The predicted octanol–water partition coefficient (Wildman–Crippen LogP) is 4.31. The molecular formula is C19H26N2O2S. The molecule has 0 spiro atoms. The van der Waals surface area contributed by atoms with Crippen LogP contribution < -0.4 is 15.4 Å². The fourth-order valence-corrected chi connectivity index (χ4v) is 3.78. The van der Waals surface area contributed by atoms with Gasteiger partial charge in [-0.15, -0.1) is 11.3 Å².